The Balaban J connectivity index is 3.40. The zero-order valence-electron chi connectivity index (χ0n) is 16.1. The van der Waals surface area contributed by atoms with Crippen molar-refractivity contribution in [3.05, 3.63) is 29.8 Å². The van der Waals surface area contributed by atoms with Crippen LogP contribution in [0.3, 0.4) is 0 Å². The second-order valence-corrected chi connectivity index (χ2v) is 9.05. The molecule has 8 nitrogen and oxygen atoms in total. The Morgan fingerprint density at radius 3 is 2.19 bits per heavy atom. The highest BCUT2D eigenvalue weighted by Crippen LogP contribution is 2.24. The molecule has 0 unspecified atom stereocenters. The number of amides is 1. The van der Waals surface area contributed by atoms with Crippen LogP contribution < -0.4 is 5.73 Å². The molecule has 0 aliphatic rings. The van der Waals surface area contributed by atoms with E-state index in [1.807, 2.05) is 0 Å². The van der Waals surface area contributed by atoms with Crippen LogP contribution in [0.4, 0.5) is 4.79 Å². The van der Waals surface area contributed by atoms with Gasteiger partial charge >= 0.3 is 12.1 Å². The Hall–Kier alpha value is -2.13. The molecule has 1 rings (SSSR count). The number of nitrogens with two attached hydrogens (primary N) is 1. The number of nitrogens with zero attached hydrogens (tertiary/aromatic N) is 1. The quantitative estimate of drug-likeness (QED) is 0.642. The zero-order valence-corrected chi connectivity index (χ0v) is 17.0. The fourth-order valence-electron chi connectivity index (χ4n) is 2.35. The van der Waals surface area contributed by atoms with E-state index < -0.39 is 33.7 Å². The molecule has 1 aromatic rings. The average molecular weight is 400 g/mol. The molecule has 152 valence electrons. The van der Waals surface area contributed by atoms with Gasteiger partial charge < -0.3 is 15.6 Å². The summed E-state index contributed by atoms with van der Waals surface area (Å²) in [5.41, 5.74) is 5.27. The average Bonchev–Trinajstić information content (AvgIpc) is 2.52. The molecule has 1 atom stereocenters. The minimum absolute atomic E-state index is 0.0587. The number of hydrogen-bond donors (Lipinski definition) is 2. The summed E-state index contributed by atoms with van der Waals surface area (Å²) in [7, 11) is -4.42. The SMILES string of the molecule is Cc1ccc(S(=O)(=O)N(C(=O)OC(C)(C)C)[C@@H](CCCCN)C(=O)O)cc1. The van der Waals surface area contributed by atoms with Gasteiger partial charge in [0.1, 0.15) is 11.6 Å². The third-order valence-electron chi connectivity index (χ3n) is 3.65. The highest BCUT2D eigenvalue weighted by molar-refractivity contribution is 7.89. The summed E-state index contributed by atoms with van der Waals surface area (Å²) in [6.07, 6.45) is -0.410. The fraction of sp³-hybridized carbons (Fsp3) is 0.556. The van der Waals surface area contributed by atoms with Gasteiger partial charge in [0.2, 0.25) is 0 Å². The number of benzene rings is 1. The van der Waals surface area contributed by atoms with Gasteiger partial charge in [-0.1, -0.05) is 17.7 Å². The molecule has 1 amide bonds. The van der Waals surface area contributed by atoms with E-state index in [0.29, 0.717) is 23.7 Å². The molecule has 0 bridgehead atoms. The van der Waals surface area contributed by atoms with E-state index in [2.05, 4.69) is 0 Å². The fourth-order valence-corrected chi connectivity index (χ4v) is 3.82. The van der Waals surface area contributed by atoms with Crippen molar-refractivity contribution < 1.29 is 27.9 Å². The maximum absolute atomic E-state index is 13.1. The summed E-state index contributed by atoms with van der Waals surface area (Å²) in [4.78, 5) is 24.3. The van der Waals surface area contributed by atoms with E-state index in [1.54, 1.807) is 39.8 Å². The molecule has 0 spiro atoms. The van der Waals surface area contributed by atoms with Crippen LogP contribution in [-0.2, 0) is 19.6 Å². The third kappa shape index (κ3) is 6.51. The number of carbonyl (C=O) groups is 2. The Kier molecular flexibility index (Phi) is 7.79. The lowest BCUT2D eigenvalue weighted by atomic mass is 10.1. The van der Waals surface area contributed by atoms with E-state index in [1.165, 1.54) is 12.1 Å². The first-order chi connectivity index (χ1) is 12.4. The first kappa shape index (κ1) is 22.9. The van der Waals surface area contributed by atoms with Gasteiger partial charge in [-0.3, -0.25) is 0 Å². The predicted molar refractivity (Wildman–Crippen MR) is 101 cm³/mol. The molecular formula is C18H28N2O6S. The molecule has 0 radical (unpaired) electrons. The van der Waals surface area contributed by atoms with Crippen LogP contribution in [0.15, 0.2) is 29.2 Å². The number of unbranched alkanes of at least 4 members (excludes halogenated alkanes) is 1. The highest BCUT2D eigenvalue weighted by Gasteiger charge is 2.41. The van der Waals surface area contributed by atoms with Crippen molar-refractivity contribution in [1.82, 2.24) is 4.31 Å². The lowest BCUT2D eigenvalue weighted by Crippen LogP contribution is -2.50. The van der Waals surface area contributed by atoms with E-state index in [9.17, 15) is 23.1 Å². The molecule has 3 N–H and O–H groups in total. The molecule has 0 fully saturated rings. The number of rotatable bonds is 8. The number of hydrogen-bond acceptors (Lipinski definition) is 6. The maximum atomic E-state index is 13.1. The first-order valence-electron chi connectivity index (χ1n) is 8.67. The van der Waals surface area contributed by atoms with Crippen LogP contribution in [0, 0.1) is 6.92 Å². The molecule has 0 aromatic heterocycles. The van der Waals surface area contributed by atoms with Gasteiger partial charge in [0.05, 0.1) is 4.90 Å². The van der Waals surface area contributed by atoms with Gasteiger partial charge in [-0.05, 0) is 65.6 Å². The second-order valence-electron chi connectivity index (χ2n) is 7.23. The summed E-state index contributed by atoms with van der Waals surface area (Å²) >= 11 is 0. The largest absolute Gasteiger partial charge is 0.480 e. The van der Waals surface area contributed by atoms with Crippen molar-refractivity contribution in [2.75, 3.05) is 6.54 Å². The van der Waals surface area contributed by atoms with Gasteiger partial charge in [0, 0.05) is 0 Å². The summed E-state index contributed by atoms with van der Waals surface area (Å²) in [5, 5.41) is 9.60. The van der Waals surface area contributed by atoms with E-state index >= 15 is 0 Å². The molecule has 0 saturated carbocycles. The topological polar surface area (TPSA) is 127 Å². The van der Waals surface area contributed by atoms with Crippen molar-refractivity contribution in [3.63, 3.8) is 0 Å². The third-order valence-corrected chi connectivity index (χ3v) is 5.44. The Morgan fingerprint density at radius 1 is 1.19 bits per heavy atom. The van der Waals surface area contributed by atoms with Crippen molar-refractivity contribution in [2.24, 2.45) is 5.73 Å². The number of carboxylic acids is 1. The molecule has 0 aliphatic carbocycles. The number of carboxylic acid groups (broad SMARTS) is 1. The minimum atomic E-state index is -4.42. The monoisotopic (exact) mass is 400 g/mol. The molecule has 0 heterocycles. The van der Waals surface area contributed by atoms with Gasteiger partial charge in [0.15, 0.2) is 0 Å². The summed E-state index contributed by atoms with van der Waals surface area (Å²) in [5.74, 6) is -1.42. The standard InChI is InChI=1S/C18H28N2O6S/c1-13-8-10-14(11-9-13)27(24,25)20(17(23)26-18(2,3)4)15(16(21)22)7-5-6-12-19/h8-11,15H,5-7,12,19H2,1-4H3,(H,21,22)/t15-/m0/s1. The van der Waals surface area contributed by atoms with Crippen molar-refractivity contribution in [2.45, 2.75) is 63.5 Å². The number of ether oxygens (including phenoxy) is 1. The van der Waals surface area contributed by atoms with Crippen molar-refractivity contribution in [3.8, 4) is 0 Å². The molecule has 27 heavy (non-hydrogen) atoms. The smallest absolute Gasteiger partial charge is 0.425 e. The number of aryl methyl sites for hydroxylation is 1. The molecule has 0 saturated heterocycles. The minimum Gasteiger partial charge on any atom is -0.480 e. The number of aliphatic carboxylic acids is 1. The lowest BCUT2D eigenvalue weighted by Gasteiger charge is -2.30. The van der Waals surface area contributed by atoms with Crippen LogP contribution in [-0.4, -0.2) is 48.1 Å². The molecular weight excluding hydrogens is 372 g/mol. The van der Waals surface area contributed by atoms with Crippen LogP contribution in [0.25, 0.3) is 0 Å². The van der Waals surface area contributed by atoms with Gasteiger partial charge in [-0.25, -0.2) is 18.0 Å². The first-order valence-corrected chi connectivity index (χ1v) is 10.1. The van der Waals surface area contributed by atoms with Crippen LogP contribution in [0.2, 0.25) is 0 Å². The Bertz CT molecular complexity index is 753. The van der Waals surface area contributed by atoms with Gasteiger partial charge in [-0.15, -0.1) is 0 Å². The maximum Gasteiger partial charge on any atom is 0.425 e. The lowest BCUT2D eigenvalue weighted by molar-refractivity contribution is -0.141. The molecule has 1 aromatic carbocycles. The van der Waals surface area contributed by atoms with Gasteiger partial charge in [-0.2, -0.15) is 4.31 Å². The molecule has 0 aliphatic heterocycles. The summed E-state index contributed by atoms with van der Waals surface area (Å²) < 4.78 is 31.7. The van der Waals surface area contributed by atoms with Crippen LogP contribution in [0.1, 0.15) is 45.6 Å². The highest BCUT2D eigenvalue weighted by atomic mass is 32.2. The van der Waals surface area contributed by atoms with Crippen molar-refractivity contribution in [1.29, 1.82) is 0 Å². The number of carbonyl (C=O) groups excluding carboxylic acids is 1. The Labute approximate surface area is 160 Å². The normalized spacial score (nSPS) is 13.1. The predicted octanol–water partition coefficient (Wildman–Crippen LogP) is 2.50. The zero-order chi connectivity index (χ0) is 20.8. The Morgan fingerprint density at radius 2 is 1.74 bits per heavy atom. The van der Waals surface area contributed by atoms with E-state index in [-0.39, 0.29) is 11.3 Å². The summed E-state index contributed by atoms with van der Waals surface area (Å²) in [6.45, 7) is 6.85. The second kappa shape index (κ2) is 9.18. The van der Waals surface area contributed by atoms with Crippen LogP contribution >= 0.6 is 0 Å². The van der Waals surface area contributed by atoms with Crippen LogP contribution in [0.5, 0.6) is 0 Å². The van der Waals surface area contributed by atoms with E-state index in [4.69, 9.17) is 10.5 Å². The van der Waals surface area contributed by atoms with Crippen molar-refractivity contribution >= 4 is 22.1 Å². The number of sulfonamides is 1. The molecule has 9 heteroatoms. The van der Waals surface area contributed by atoms with Gasteiger partial charge in [0.25, 0.3) is 10.0 Å². The van der Waals surface area contributed by atoms with E-state index in [0.717, 1.165) is 5.56 Å². The summed E-state index contributed by atoms with van der Waals surface area (Å²) in [6, 6.07) is 4.23.